The summed E-state index contributed by atoms with van der Waals surface area (Å²) in [5.41, 5.74) is 2.58. The number of hydrogen-bond donors (Lipinski definition) is 0. The third-order valence-corrected chi connectivity index (χ3v) is 7.55. The van der Waals surface area contributed by atoms with Crippen LogP contribution in [-0.4, -0.2) is 61.9 Å². The fraction of sp³-hybridized carbons (Fsp3) is 0.400. The molecule has 0 N–H and O–H groups in total. The van der Waals surface area contributed by atoms with Gasteiger partial charge in [0, 0.05) is 56.8 Å². The van der Waals surface area contributed by atoms with E-state index in [-0.39, 0.29) is 17.2 Å². The Morgan fingerprint density at radius 2 is 1.77 bits per heavy atom. The number of benzene rings is 1. The molecule has 0 atom stereocenters. The minimum Gasteiger partial charge on any atom is -0.368 e. The summed E-state index contributed by atoms with van der Waals surface area (Å²) in [5.74, 6) is 1.54. The van der Waals surface area contributed by atoms with Crippen molar-refractivity contribution in [1.29, 1.82) is 0 Å². The molecule has 1 amide bonds. The summed E-state index contributed by atoms with van der Waals surface area (Å²) in [6.45, 7) is 6.92. The van der Waals surface area contributed by atoms with Gasteiger partial charge in [-0.1, -0.05) is 0 Å². The van der Waals surface area contributed by atoms with Crippen LogP contribution in [0.4, 0.5) is 5.69 Å². The maximum Gasteiger partial charge on any atom is 0.272 e. The fourth-order valence-electron chi connectivity index (χ4n) is 4.70. The van der Waals surface area contributed by atoms with Crippen LogP contribution in [0.3, 0.4) is 0 Å². The Hall–Kier alpha value is -3.53. The summed E-state index contributed by atoms with van der Waals surface area (Å²) < 4.78 is 4.30. The van der Waals surface area contributed by atoms with Crippen molar-refractivity contribution < 1.29 is 9.59 Å². The highest BCUT2D eigenvalue weighted by molar-refractivity contribution is 7.17. The van der Waals surface area contributed by atoms with Gasteiger partial charge in [0.05, 0.1) is 5.52 Å². The number of nitrogens with zero attached hydrogens (tertiary/aromatic N) is 6. The topological polar surface area (TPSA) is 92.8 Å². The van der Waals surface area contributed by atoms with Crippen LogP contribution in [0.2, 0.25) is 0 Å². The normalized spacial score (nSPS) is 14.2. The van der Waals surface area contributed by atoms with Crippen molar-refractivity contribution in [3.05, 3.63) is 57.5 Å². The number of fused-ring (bicyclic) bond motifs is 3. The van der Waals surface area contributed by atoms with Crippen LogP contribution in [-0.2, 0) is 17.8 Å². The SMILES string of the molecule is CCn1c(=O)c2sccc2n2c(CCCC(=O)N3CCN(c4ccc(C(C)=O)cc4)CC3)nnc12. The molecule has 4 aromatic rings. The second-order valence-electron chi connectivity index (χ2n) is 8.76. The Bertz CT molecular complexity index is 1440. The molecule has 0 unspecified atom stereocenters. The first-order valence-electron chi connectivity index (χ1n) is 12.0. The molecule has 0 radical (unpaired) electrons. The van der Waals surface area contributed by atoms with Gasteiger partial charge in [0.2, 0.25) is 11.7 Å². The standard InChI is InChI=1S/C25H28N6O3S/c1-3-30-24(34)23-20(11-16-35-23)31-21(26-27-25(30)31)5-4-6-22(33)29-14-12-28(13-15-29)19-9-7-18(8-10-19)17(2)32/h7-11,16H,3-6,12-15H2,1-2H3. The Kier molecular flexibility index (Phi) is 6.38. The molecule has 1 aliphatic rings. The van der Waals surface area contributed by atoms with Gasteiger partial charge in [0.1, 0.15) is 10.5 Å². The molecule has 35 heavy (non-hydrogen) atoms. The number of rotatable bonds is 7. The van der Waals surface area contributed by atoms with Crippen molar-refractivity contribution in [3.63, 3.8) is 0 Å². The Morgan fingerprint density at radius 1 is 1.03 bits per heavy atom. The van der Waals surface area contributed by atoms with Gasteiger partial charge < -0.3 is 9.80 Å². The lowest BCUT2D eigenvalue weighted by Crippen LogP contribution is -2.48. The quantitative estimate of drug-likeness (QED) is 0.368. The monoisotopic (exact) mass is 492 g/mol. The number of piperazine rings is 1. The van der Waals surface area contributed by atoms with Crippen LogP contribution in [0.1, 0.15) is 42.9 Å². The summed E-state index contributed by atoms with van der Waals surface area (Å²) >= 11 is 1.43. The minimum atomic E-state index is -0.0342. The predicted octanol–water partition coefficient (Wildman–Crippen LogP) is 3.00. The number of carbonyl (C=O) groups excluding carboxylic acids is 2. The molecule has 9 nitrogen and oxygen atoms in total. The molecule has 4 heterocycles. The first kappa shape index (κ1) is 23.2. The van der Waals surface area contributed by atoms with Crippen molar-refractivity contribution >= 4 is 44.7 Å². The van der Waals surface area contributed by atoms with E-state index in [0.717, 1.165) is 30.1 Å². The van der Waals surface area contributed by atoms with Crippen LogP contribution in [0, 0.1) is 0 Å². The largest absolute Gasteiger partial charge is 0.368 e. The maximum atomic E-state index is 12.9. The van der Waals surface area contributed by atoms with E-state index < -0.39 is 0 Å². The van der Waals surface area contributed by atoms with Crippen molar-refractivity contribution in [2.45, 2.75) is 39.7 Å². The molecule has 0 spiro atoms. The van der Waals surface area contributed by atoms with E-state index >= 15 is 0 Å². The third kappa shape index (κ3) is 4.34. The van der Waals surface area contributed by atoms with Crippen LogP contribution >= 0.6 is 11.3 Å². The molecule has 3 aromatic heterocycles. The lowest BCUT2D eigenvalue weighted by Gasteiger charge is -2.36. The lowest BCUT2D eigenvalue weighted by molar-refractivity contribution is -0.131. The van der Waals surface area contributed by atoms with Crippen molar-refractivity contribution in [2.24, 2.45) is 0 Å². The van der Waals surface area contributed by atoms with E-state index in [4.69, 9.17) is 0 Å². The van der Waals surface area contributed by atoms with Crippen molar-refractivity contribution in [3.8, 4) is 0 Å². The minimum absolute atomic E-state index is 0.0342. The van der Waals surface area contributed by atoms with E-state index in [1.54, 1.807) is 11.5 Å². The maximum absolute atomic E-state index is 12.9. The van der Waals surface area contributed by atoms with Gasteiger partial charge in [-0.05, 0) is 56.0 Å². The van der Waals surface area contributed by atoms with Gasteiger partial charge in [-0.25, -0.2) is 0 Å². The van der Waals surface area contributed by atoms with E-state index in [1.165, 1.54) is 11.3 Å². The van der Waals surface area contributed by atoms with Crippen molar-refractivity contribution in [2.75, 3.05) is 31.1 Å². The first-order valence-corrected chi connectivity index (χ1v) is 12.8. The number of Topliss-reactive ketones (excluding diaryl/α,β-unsaturated/α-hetero) is 1. The van der Waals surface area contributed by atoms with E-state index in [9.17, 15) is 14.4 Å². The average Bonchev–Trinajstić information content (AvgIpc) is 3.52. The molecule has 182 valence electrons. The molecule has 10 heteroatoms. The molecular formula is C25H28N6O3S. The Balaban J connectivity index is 1.19. The molecule has 1 fully saturated rings. The number of ketones is 1. The van der Waals surface area contributed by atoms with Gasteiger partial charge in [0.15, 0.2) is 5.78 Å². The number of aryl methyl sites for hydroxylation is 2. The molecule has 1 aliphatic heterocycles. The molecule has 1 saturated heterocycles. The summed E-state index contributed by atoms with van der Waals surface area (Å²) in [5, 5.41) is 10.5. The summed E-state index contributed by atoms with van der Waals surface area (Å²) in [4.78, 5) is 41.2. The number of thiophene rings is 1. The highest BCUT2D eigenvalue weighted by Crippen LogP contribution is 2.21. The Morgan fingerprint density at radius 3 is 2.46 bits per heavy atom. The van der Waals surface area contributed by atoms with Gasteiger partial charge in [0.25, 0.3) is 5.56 Å². The molecule has 0 aliphatic carbocycles. The van der Waals surface area contributed by atoms with E-state index in [1.807, 2.05) is 51.9 Å². The van der Waals surface area contributed by atoms with Crippen LogP contribution < -0.4 is 10.5 Å². The molecule has 0 saturated carbocycles. The number of anilines is 1. The van der Waals surface area contributed by atoms with Gasteiger partial charge in [-0.15, -0.1) is 21.5 Å². The molecule has 0 bridgehead atoms. The predicted molar refractivity (Wildman–Crippen MR) is 136 cm³/mol. The molecule has 5 rings (SSSR count). The number of aromatic nitrogens is 4. The van der Waals surface area contributed by atoms with E-state index in [2.05, 4.69) is 15.1 Å². The first-order chi connectivity index (χ1) is 17.0. The summed E-state index contributed by atoms with van der Waals surface area (Å²) in [6.07, 6.45) is 1.73. The summed E-state index contributed by atoms with van der Waals surface area (Å²) in [6, 6.07) is 9.58. The van der Waals surface area contributed by atoms with Crippen LogP contribution in [0.25, 0.3) is 16.0 Å². The van der Waals surface area contributed by atoms with Crippen LogP contribution in [0.5, 0.6) is 0 Å². The average molecular weight is 493 g/mol. The zero-order valence-electron chi connectivity index (χ0n) is 19.9. The Labute approximate surface area is 206 Å². The zero-order valence-corrected chi connectivity index (χ0v) is 20.8. The molecular weight excluding hydrogens is 464 g/mol. The highest BCUT2D eigenvalue weighted by atomic mass is 32.1. The van der Waals surface area contributed by atoms with E-state index in [0.29, 0.717) is 54.9 Å². The number of hydrogen-bond acceptors (Lipinski definition) is 7. The summed E-state index contributed by atoms with van der Waals surface area (Å²) in [7, 11) is 0. The fourth-order valence-corrected chi connectivity index (χ4v) is 5.53. The van der Waals surface area contributed by atoms with Gasteiger partial charge in [-0.2, -0.15) is 0 Å². The highest BCUT2D eigenvalue weighted by Gasteiger charge is 2.22. The second kappa shape index (κ2) is 9.61. The number of carbonyl (C=O) groups is 2. The number of amides is 1. The zero-order chi connectivity index (χ0) is 24.5. The third-order valence-electron chi connectivity index (χ3n) is 6.66. The second-order valence-corrected chi connectivity index (χ2v) is 9.68. The van der Waals surface area contributed by atoms with Gasteiger partial charge in [-0.3, -0.25) is 23.4 Å². The smallest absolute Gasteiger partial charge is 0.272 e. The van der Waals surface area contributed by atoms with Gasteiger partial charge >= 0.3 is 0 Å². The molecule has 1 aromatic carbocycles. The van der Waals surface area contributed by atoms with Crippen molar-refractivity contribution in [1.82, 2.24) is 24.1 Å². The lowest BCUT2D eigenvalue weighted by atomic mass is 10.1. The van der Waals surface area contributed by atoms with Crippen LogP contribution in [0.15, 0.2) is 40.5 Å².